The van der Waals surface area contributed by atoms with E-state index in [2.05, 4.69) is 15.4 Å². The summed E-state index contributed by atoms with van der Waals surface area (Å²) in [5, 5.41) is 17.9. The van der Waals surface area contributed by atoms with Crippen molar-refractivity contribution in [3.05, 3.63) is 77.4 Å². The van der Waals surface area contributed by atoms with Gasteiger partial charge in [-0.3, -0.25) is 0 Å². The van der Waals surface area contributed by atoms with Crippen LogP contribution >= 0.6 is 0 Å². The molecule has 0 radical (unpaired) electrons. The van der Waals surface area contributed by atoms with E-state index in [1.807, 2.05) is 62.4 Å². The molecule has 0 spiro atoms. The van der Waals surface area contributed by atoms with Gasteiger partial charge in [-0.05, 0) is 32.1 Å². The van der Waals surface area contributed by atoms with Crippen LogP contribution in [0.2, 0.25) is 0 Å². The molecular formula is C17H18N4O. The Morgan fingerprint density at radius 1 is 1.14 bits per heavy atom. The van der Waals surface area contributed by atoms with Crippen molar-refractivity contribution < 1.29 is 5.11 Å². The maximum absolute atomic E-state index is 10.5. The molecule has 1 aliphatic carbocycles. The van der Waals surface area contributed by atoms with Gasteiger partial charge in [0, 0.05) is 17.1 Å². The summed E-state index contributed by atoms with van der Waals surface area (Å²) < 4.78 is 1.73. The lowest BCUT2D eigenvalue weighted by Gasteiger charge is -2.14. The predicted octanol–water partition coefficient (Wildman–Crippen LogP) is 2.49. The molecule has 1 aliphatic rings. The average molecular weight is 294 g/mol. The summed E-state index contributed by atoms with van der Waals surface area (Å²) in [6, 6.07) is 1.96. The molecule has 0 aliphatic heterocycles. The van der Waals surface area contributed by atoms with E-state index in [9.17, 15) is 5.11 Å². The fourth-order valence-corrected chi connectivity index (χ4v) is 2.38. The molecule has 0 saturated heterocycles. The van der Waals surface area contributed by atoms with Crippen molar-refractivity contribution in [3.8, 4) is 0 Å². The monoisotopic (exact) mass is 294 g/mol. The molecule has 2 aromatic heterocycles. The Bertz CT molecular complexity index is 811. The van der Waals surface area contributed by atoms with Crippen LogP contribution in [-0.4, -0.2) is 19.7 Å². The molecule has 3 rings (SSSR count). The van der Waals surface area contributed by atoms with Crippen LogP contribution in [0.25, 0.3) is 5.65 Å². The fourth-order valence-electron chi connectivity index (χ4n) is 2.38. The van der Waals surface area contributed by atoms with Crippen molar-refractivity contribution in [1.29, 1.82) is 0 Å². The number of rotatable bonds is 3. The molecule has 0 amide bonds. The maximum atomic E-state index is 10.5. The highest BCUT2D eigenvalue weighted by Crippen LogP contribution is 2.18. The van der Waals surface area contributed by atoms with Gasteiger partial charge < -0.3 is 10.4 Å². The van der Waals surface area contributed by atoms with E-state index in [1.165, 1.54) is 0 Å². The van der Waals surface area contributed by atoms with Gasteiger partial charge in [0.2, 0.25) is 0 Å². The van der Waals surface area contributed by atoms with Crippen LogP contribution in [-0.2, 0) is 0 Å². The summed E-state index contributed by atoms with van der Waals surface area (Å²) in [6.45, 7) is 3.90. The minimum atomic E-state index is -0.876. The van der Waals surface area contributed by atoms with E-state index in [0.29, 0.717) is 11.2 Å². The summed E-state index contributed by atoms with van der Waals surface area (Å²) in [5.41, 5.74) is 4.03. The number of aryl methyl sites for hydroxylation is 2. The second-order valence-electron chi connectivity index (χ2n) is 5.17. The van der Waals surface area contributed by atoms with Crippen LogP contribution in [0.4, 0.5) is 0 Å². The third-order valence-electron chi connectivity index (χ3n) is 3.40. The molecule has 0 saturated carbocycles. The van der Waals surface area contributed by atoms with Gasteiger partial charge >= 0.3 is 0 Å². The number of fused-ring (bicyclic) bond motifs is 1. The molecule has 2 N–H and O–H groups in total. The van der Waals surface area contributed by atoms with Crippen LogP contribution < -0.4 is 5.32 Å². The zero-order chi connectivity index (χ0) is 15.5. The average Bonchev–Trinajstić information content (AvgIpc) is 2.85. The lowest BCUT2D eigenvalue weighted by molar-refractivity contribution is 0.154. The van der Waals surface area contributed by atoms with E-state index in [1.54, 1.807) is 10.7 Å². The highest BCUT2D eigenvalue weighted by atomic mass is 16.3. The Balaban J connectivity index is 1.91. The third kappa shape index (κ3) is 2.84. The summed E-state index contributed by atoms with van der Waals surface area (Å²) in [5.74, 6) is 0. The van der Waals surface area contributed by atoms with Crippen molar-refractivity contribution in [2.75, 3.05) is 0 Å². The summed E-state index contributed by atoms with van der Waals surface area (Å²) in [7, 11) is 0. The van der Waals surface area contributed by atoms with Crippen LogP contribution in [0, 0.1) is 13.8 Å². The molecule has 5 heteroatoms. The van der Waals surface area contributed by atoms with Gasteiger partial charge in [-0.1, -0.05) is 30.4 Å². The van der Waals surface area contributed by atoms with Crippen molar-refractivity contribution in [2.45, 2.75) is 20.1 Å². The quantitative estimate of drug-likeness (QED) is 0.854. The predicted molar refractivity (Wildman–Crippen MR) is 86.1 cm³/mol. The first-order chi connectivity index (χ1) is 10.6. The van der Waals surface area contributed by atoms with Gasteiger partial charge in [-0.25, -0.2) is 9.50 Å². The fraction of sp³-hybridized carbons (Fsp3) is 0.176. The first-order valence-corrected chi connectivity index (χ1v) is 7.13. The topological polar surface area (TPSA) is 62.5 Å². The zero-order valence-electron chi connectivity index (χ0n) is 12.6. The first kappa shape index (κ1) is 14.3. The maximum Gasteiger partial charge on any atom is 0.163 e. The minimum Gasteiger partial charge on any atom is -0.369 e. The van der Waals surface area contributed by atoms with E-state index in [4.69, 9.17) is 0 Å². The van der Waals surface area contributed by atoms with Crippen LogP contribution in [0.3, 0.4) is 0 Å². The van der Waals surface area contributed by atoms with E-state index >= 15 is 0 Å². The molecule has 2 heterocycles. The van der Waals surface area contributed by atoms with E-state index < -0.39 is 6.23 Å². The molecule has 0 aromatic carbocycles. The molecular weight excluding hydrogens is 276 g/mol. The summed E-state index contributed by atoms with van der Waals surface area (Å²) in [4.78, 5) is 4.48. The normalized spacial score (nSPS) is 22.2. The number of aliphatic hydroxyl groups excluding tert-OH is 1. The van der Waals surface area contributed by atoms with Gasteiger partial charge in [0.15, 0.2) is 11.9 Å². The molecule has 1 atom stereocenters. The van der Waals surface area contributed by atoms with E-state index in [0.717, 1.165) is 17.1 Å². The van der Waals surface area contributed by atoms with Gasteiger partial charge in [0.1, 0.15) is 0 Å². The Hall–Kier alpha value is -2.66. The van der Waals surface area contributed by atoms with Gasteiger partial charge in [0.25, 0.3) is 0 Å². The lowest BCUT2D eigenvalue weighted by Crippen LogP contribution is -2.19. The van der Waals surface area contributed by atoms with Crippen molar-refractivity contribution in [1.82, 2.24) is 19.9 Å². The minimum absolute atomic E-state index is 0.655. The van der Waals surface area contributed by atoms with Gasteiger partial charge in [-0.2, -0.15) is 5.10 Å². The largest absolute Gasteiger partial charge is 0.369 e. The molecule has 0 bridgehead atoms. The number of allylic oxidation sites excluding steroid dienone is 7. The zero-order valence-corrected chi connectivity index (χ0v) is 12.6. The number of aromatic nitrogens is 3. The van der Waals surface area contributed by atoms with Crippen molar-refractivity contribution in [2.24, 2.45) is 0 Å². The second kappa shape index (κ2) is 5.99. The van der Waals surface area contributed by atoms with Crippen molar-refractivity contribution >= 4 is 5.65 Å². The number of hydrogen-bond donors (Lipinski definition) is 2. The van der Waals surface area contributed by atoms with Crippen LogP contribution in [0.5, 0.6) is 0 Å². The van der Waals surface area contributed by atoms with E-state index in [-0.39, 0.29) is 0 Å². The van der Waals surface area contributed by atoms with Gasteiger partial charge in [0.05, 0.1) is 11.8 Å². The molecule has 0 fully saturated rings. The number of nitrogens with one attached hydrogen (secondary N) is 1. The number of nitrogens with zero attached hydrogens (tertiary/aromatic N) is 3. The smallest absolute Gasteiger partial charge is 0.163 e. The van der Waals surface area contributed by atoms with Gasteiger partial charge in [-0.15, -0.1) is 0 Å². The SMILES string of the molecule is Cc1cc(C)n2ncc(C(O)NC3=C/C=C\C=C/C=C\3)c2n1. The number of hydrogen-bond acceptors (Lipinski definition) is 4. The lowest BCUT2D eigenvalue weighted by atomic mass is 10.2. The molecule has 2 aromatic rings. The Morgan fingerprint density at radius 2 is 1.91 bits per heavy atom. The number of aliphatic hydroxyl groups is 1. The molecule has 22 heavy (non-hydrogen) atoms. The highest BCUT2D eigenvalue weighted by Gasteiger charge is 2.16. The standard InChI is InChI=1S/C17H18N4O/c1-12-10-13(2)21-16(19-12)15(11-18-21)17(22)20-14-8-6-4-3-5-7-9-14/h3-11,17,20,22H,1-2H3/b4-3-,5-3?,6-4?,7-5-,8-6-,9-7?,14-8?,14-9+. The van der Waals surface area contributed by atoms with Crippen LogP contribution in [0.15, 0.2) is 60.5 Å². The van der Waals surface area contributed by atoms with Crippen molar-refractivity contribution in [3.63, 3.8) is 0 Å². The van der Waals surface area contributed by atoms with Crippen LogP contribution in [0.1, 0.15) is 23.2 Å². The second-order valence-corrected chi connectivity index (χ2v) is 5.17. The Morgan fingerprint density at radius 3 is 2.77 bits per heavy atom. The Kier molecular flexibility index (Phi) is 3.89. The summed E-state index contributed by atoms with van der Waals surface area (Å²) >= 11 is 0. The molecule has 5 nitrogen and oxygen atoms in total. The Labute approximate surface area is 129 Å². The summed E-state index contributed by atoms with van der Waals surface area (Å²) in [6.07, 6.45) is 14.2. The third-order valence-corrected chi connectivity index (χ3v) is 3.40. The first-order valence-electron chi connectivity index (χ1n) is 7.13. The molecule has 112 valence electrons. The highest BCUT2D eigenvalue weighted by molar-refractivity contribution is 5.49. The molecule has 1 unspecified atom stereocenters.